The number of aryl methyl sites for hydroxylation is 1. The summed E-state index contributed by atoms with van der Waals surface area (Å²) < 4.78 is 7.53. The maximum Gasteiger partial charge on any atom is 0.179 e. The zero-order valence-electron chi connectivity index (χ0n) is 20.8. The molecule has 0 radical (unpaired) electrons. The molecular weight excluding hydrogens is 434 g/mol. The largest absolute Gasteiger partial charge is 0.497 e. The van der Waals surface area contributed by atoms with Crippen molar-refractivity contribution in [1.82, 2.24) is 14.4 Å². The van der Waals surface area contributed by atoms with Crippen LogP contribution in [-0.2, 0) is 7.05 Å². The number of rotatable bonds is 7. The zero-order valence-corrected chi connectivity index (χ0v) is 20.8. The fourth-order valence-corrected chi connectivity index (χ4v) is 5.38. The van der Waals surface area contributed by atoms with Gasteiger partial charge in [0.05, 0.1) is 19.7 Å². The molecule has 0 bridgehead atoms. The quantitative estimate of drug-likeness (QED) is 0.355. The Kier molecular flexibility index (Phi) is 6.71. The predicted octanol–water partition coefficient (Wildman–Crippen LogP) is 5.09. The van der Waals surface area contributed by atoms with Crippen LogP contribution >= 0.6 is 0 Å². The van der Waals surface area contributed by atoms with Gasteiger partial charge in [0.25, 0.3) is 0 Å². The first-order valence-electron chi connectivity index (χ1n) is 12.3. The molecule has 1 aromatic heterocycles. The van der Waals surface area contributed by atoms with E-state index in [0.717, 1.165) is 54.1 Å². The number of fused-ring (bicyclic) bond motifs is 1. The lowest BCUT2D eigenvalue weighted by molar-refractivity contribution is 0.0808. The molecule has 0 unspecified atom stereocenters. The van der Waals surface area contributed by atoms with Crippen molar-refractivity contribution in [3.05, 3.63) is 101 Å². The standard InChI is InChI=1S/C30H33N3O2/c1-22-29(26-20-25(35-3)14-15-27(26)31(22)2)28(34)21-32-16-18-33(19-17-32)30(23-10-6-4-7-11-23)24-12-8-5-9-13-24/h4-15,20,30H,16-19,21H2,1-3H3. The molecule has 0 amide bonds. The summed E-state index contributed by atoms with van der Waals surface area (Å²) in [6.07, 6.45) is 0. The highest BCUT2D eigenvalue weighted by Crippen LogP contribution is 2.31. The van der Waals surface area contributed by atoms with Crippen molar-refractivity contribution in [3.8, 4) is 5.75 Å². The summed E-state index contributed by atoms with van der Waals surface area (Å²) in [7, 11) is 3.68. The van der Waals surface area contributed by atoms with Crippen LogP contribution in [0.4, 0.5) is 0 Å². The van der Waals surface area contributed by atoms with Crippen LogP contribution < -0.4 is 4.74 Å². The molecule has 1 aliphatic rings. The van der Waals surface area contributed by atoms with Crippen LogP contribution in [0.3, 0.4) is 0 Å². The number of carbonyl (C=O) groups is 1. The van der Waals surface area contributed by atoms with Crippen LogP contribution in [-0.4, -0.2) is 60.0 Å². The summed E-state index contributed by atoms with van der Waals surface area (Å²) in [5.74, 6) is 0.955. The minimum absolute atomic E-state index is 0.178. The second-order valence-corrected chi connectivity index (χ2v) is 9.36. The minimum Gasteiger partial charge on any atom is -0.497 e. The number of ketones is 1. The monoisotopic (exact) mass is 467 g/mol. The fraction of sp³-hybridized carbons (Fsp3) is 0.300. The van der Waals surface area contributed by atoms with Crippen LogP contribution in [0.1, 0.15) is 33.2 Å². The predicted molar refractivity (Wildman–Crippen MR) is 141 cm³/mol. The molecule has 0 saturated carbocycles. The summed E-state index contributed by atoms with van der Waals surface area (Å²) in [5.41, 5.74) is 5.50. The normalized spacial score (nSPS) is 15.1. The first-order chi connectivity index (χ1) is 17.1. The van der Waals surface area contributed by atoms with Gasteiger partial charge in [-0.1, -0.05) is 60.7 Å². The molecule has 4 aromatic rings. The van der Waals surface area contributed by atoms with Gasteiger partial charge in [0.2, 0.25) is 0 Å². The number of aromatic nitrogens is 1. The third kappa shape index (κ3) is 4.62. The maximum absolute atomic E-state index is 13.5. The van der Waals surface area contributed by atoms with Crippen molar-refractivity contribution in [2.75, 3.05) is 39.8 Å². The van der Waals surface area contributed by atoms with Crippen LogP contribution in [0.2, 0.25) is 0 Å². The molecule has 5 nitrogen and oxygen atoms in total. The lowest BCUT2D eigenvalue weighted by Crippen LogP contribution is -2.49. The van der Waals surface area contributed by atoms with E-state index in [1.54, 1.807) is 7.11 Å². The van der Waals surface area contributed by atoms with Gasteiger partial charge in [-0.05, 0) is 36.2 Å². The molecule has 0 N–H and O–H groups in total. The zero-order chi connectivity index (χ0) is 24.4. The molecule has 180 valence electrons. The minimum atomic E-state index is 0.178. The SMILES string of the molecule is COc1ccc2c(c1)c(C(=O)CN1CCN(C(c3ccccc3)c3ccccc3)CC1)c(C)n2C. The van der Waals surface area contributed by atoms with Crippen LogP contribution in [0, 0.1) is 6.92 Å². The Bertz CT molecular complexity index is 1270. The number of hydrogen-bond donors (Lipinski definition) is 0. The number of benzene rings is 3. The average Bonchev–Trinajstić information content (AvgIpc) is 3.15. The van der Waals surface area contributed by atoms with E-state index in [0.29, 0.717) is 6.54 Å². The molecule has 0 atom stereocenters. The Morgan fingerprint density at radius 2 is 1.49 bits per heavy atom. The van der Waals surface area contributed by atoms with Crippen molar-refractivity contribution in [1.29, 1.82) is 0 Å². The number of ether oxygens (including phenoxy) is 1. The van der Waals surface area contributed by atoms with Gasteiger partial charge in [0.1, 0.15) is 5.75 Å². The van der Waals surface area contributed by atoms with E-state index in [1.807, 2.05) is 32.2 Å². The first kappa shape index (κ1) is 23.3. The van der Waals surface area contributed by atoms with Gasteiger partial charge in [0.15, 0.2) is 5.78 Å². The van der Waals surface area contributed by atoms with Crippen LogP contribution in [0.15, 0.2) is 78.9 Å². The fourth-order valence-electron chi connectivity index (χ4n) is 5.38. The molecule has 35 heavy (non-hydrogen) atoms. The molecule has 1 fully saturated rings. The average molecular weight is 468 g/mol. The van der Waals surface area contributed by atoms with E-state index in [2.05, 4.69) is 75.0 Å². The number of carbonyl (C=O) groups excluding carboxylic acids is 1. The molecule has 0 aliphatic carbocycles. The van der Waals surface area contributed by atoms with Gasteiger partial charge in [-0.3, -0.25) is 14.6 Å². The molecule has 5 rings (SSSR count). The third-order valence-corrected chi connectivity index (χ3v) is 7.35. The number of methoxy groups -OCH3 is 1. The summed E-state index contributed by atoms with van der Waals surface area (Å²) >= 11 is 0. The summed E-state index contributed by atoms with van der Waals surface area (Å²) in [6, 6.07) is 27.6. The Hall–Kier alpha value is -3.41. The van der Waals surface area contributed by atoms with Crippen molar-refractivity contribution in [2.45, 2.75) is 13.0 Å². The first-order valence-corrected chi connectivity index (χ1v) is 12.3. The number of Topliss-reactive ketones (excluding diaryl/α,β-unsaturated/α-hetero) is 1. The molecule has 2 heterocycles. The van der Waals surface area contributed by atoms with E-state index < -0.39 is 0 Å². The van der Waals surface area contributed by atoms with Gasteiger partial charge in [0, 0.05) is 55.4 Å². The Morgan fingerprint density at radius 3 is 2.06 bits per heavy atom. The van der Waals surface area contributed by atoms with Gasteiger partial charge in [-0.2, -0.15) is 0 Å². The van der Waals surface area contributed by atoms with Crippen molar-refractivity contribution < 1.29 is 9.53 Å². The third-order valence-electron chi connectivity index (χ3n) is 7.35. The number of nitrogens with zero attached hydrogens (tertiary/aromatic N) is 3. The highest BCUT2D eigenvalue weighted by Gasteiger charge is 2.28. The van der Waals surface area contributed by atoms with Gasteiger partial charge < -0.3 is 9.30 Å². The van der Waals surface area contributed by atoms with E-state index >= 15 is 0 Å². The maximum atomic E-state index is 13.5. The van der Waals surface area contributed by atoms with Gasteiger partial charge in [-0.25, -0.2) is 0 Å². The van der Waals surface area contributed by atoms with Gasteiger partial charge >= 0.3 is 0 Å². The van der Waals surface area contributed by atoms with E-state index in [4.69, 9.17) is 4.74 Å². The van der Waals surface area contributed by atoms with Crippen molar-refractivity contribution in [2.24, 2.45) is 7.05 Å². The van der Waals surface area contributed by atoms with Crippen LogP contribution in [0.25, 0.3) is 10.9 Å². The molecule has 1 saturated heterocycles. The van der Waals surface area contributed by atoms with E-state index in [9.17, 15) is 4.79 Å². The molecule has 0 spiro atoms. The van der Waals surface area contributed by atoms with Crippen LogP contribution in [0.5, 0.6) is 5.75 Å². The highest BCUT2D eigenvalue weighted by atomic mass is 16.5. The molecule has 1 aliphatic heterocycles. The molecule has 5 heteroatoms. The number of hydrogen-bond acceptors (Lipinski definition) is 4. The summed E-state index contributed by atoms with van der Waals surface area (Å²) in [6.45, 7) is 6.05. The van der Waals surface area contributed by atoms with Gasteiger partial charge in [-0.15, -0.1) is 0 Å². The van der Waals surface area contributed by atoms with E-state index in [1.165, 1.54) is 11.1 Å². The summed E-state index contributed by atoms with van der Waals surface area (Å²) in [5, 5.41) is 0.973. The van der Waals surface area contributed by atoms with Crippen molar-refractivity contribution in [3.63, 3.8) is 0 Å². The Morgan fingerprint density at radius 1 is 0.886 bits per heavy atom. The smallest absolute Gasteiger partial charge is 0.179 e. The topological polar surface area (TPSA) is 37.7 Å². The number of piperazine rings is 1. The second-order valence-electron chi connectivity index (χ2n) is 9.36. The van der Waals surface area contributed by atoms with Crippen molar-refractivity contribution >= 4 is 16.7 Å². The highest BCUT2D eigenvalue weighted by molar-refractivity contribution is 6.10. The molecular formula is C30H33N3O2. The Labute approximate surface area is 207 Å². The Balaban J connectivity index is 1.32. The summed E-state index contributed by atoms with van der Waals surface area (Å²) in [4.78, 5) is 18.3. The lowest BCUT2D eigenvalue weighted by atomic mass is 9.96. The molecule has 3 aromatic carbocycles. The lowest BCUT2D eigenvalue weighted by Gasteiger charge is -2.39. The van der Waals surface area contributed by atoms with E-state index in [-0.39, 0.29) is 11.8 Å². The second kappa shape index (κ2) is 10.1.